The van der Waals surface area contributed by atoms with Gasteiger partial charge in [0, 0.05) is 6.54 Å². The Hall–Kier alpha value is -1.15. The summed E-state index contributed by atoms with van der Waals surface area (Å²) in [5, 5.41) is 0. The van der Waals surface area contributed by atoms with Crippen LogP contribution >= 0.6 is 0 Å². The first-order chi connectivity index (χ1) is 6.63. The topological polar surface area (TPSA) is 26.0 Å². The van der Waals surface area contributed by atoms with Crippen LogP contribution in [0.1, 0.15) is 30.9 Å². The number of hydrogen-bond acceptors (Lipinski definition) is 1. The smallest absolute Gasteiger partial charge is 0.124 e. The van der Waals surface area contributed by atoms with Crippen molar-refractivity contribution in [1.29, 1.82) is 0 Å². The van der Waals surface area contributed by atoms with Crippen molar-refractivity contribution in [3.05, 3.63) is 41.2 Å². The summed E-state index contributed by atoms with van der Waals surface area (Å²) in [6.45, 7) is 4.57. The van der Waals surface area contributed by atoms with E-state index in [2.05, 4.69) is 0 Å². The Morgan fingerprint density at radius 2 is 2.07 bits per heavy atom. The van der Waals surface area contributed by atoms with Crippen LogP contribution in [0, 0.1) is 5.82 Å². The Kier molecular flexibility index (Phi) is 3.84. The fraction of sp³-hybridized carbons (Fsp3) is 0.333. The van der Waals surface area contributed by atoms with Gasteiger partial charge in [-0.25, -0.2) is 4.39 Å². The van der Waals surface area contributed by atoms with E-state index in [1.165, 1.54) is 6.07 Å². The number of rotatable bonds is 3. The second kappa shape index (κ2) is 4.91. The summed E-state index contributed by atoms with van der Waals surface area (Å²) < 4.78 is 13.2. The van der Waals surface area contributed by atoms with Crippen LogP contribution in [0.25, 0.3) is 6.08 Å². The lowest BCUT2D eigenvalue weighted by Crippen LogP contribution is -1.93. The van der Waals surface area contributed by atoms with Gasteiger partial charge >= 0.3 is 0 Å². The molecule has 0 spiro atoms. The van der Waals surface area contributed by atoms with Gasteiger partial charge in [-0.15, -0.1) is 0 Å². The van der Waals surface area contributed by atoms with Crippen LogP contribution in [0.4, 0.5) is 4.39 Å². The number of benzene rings is 1. The molecule has 0 amide bonds. The largest absolute Gasteiger partial charge is 0.327 e. The van der Waals surface area contributed by atoms with Crippen LogP contribution in [-0.4, -0.2) is 6.54 Å². The first-order valence-electron chi connectivity index (χ1n) is 4.80. The average Bonchev–Trinajstić information content (AvgIpc) is 2.14. The first kappa shape index (κ1) is 10.9. The molecule has 0 unspecified atom stereocenters. The van der Waals surface area contributed by atoms with Crippen LogP contribution in [0.3, 0.4) is 0 Å². The van der Waals surface area contributed by atoms with Gasteiger partial charge in [-0.05, 0) is 29.2 Å². The maximum atomic E-state index is 13.2. The fourth-order valence-electron chi connectivity index (χ4n) is 1.27. The van der Waals surface area contributed by atoms with Crippen LogP contribution in [0.2, 0.25) is 0 Å². The molecule has 0 saturated carbocycles. The van der Waals surface area contributed by atoms with E-state index >= 15 is 0 Å². The highest BCUT2D eigenvalue weighted by atomic mass is 19.1. The molecular formula is C12H16FN. The molecule has 1 rings (SSSR count). The van der Waals surface area contributed by atoms with Crippen molar-refractivity contribution in [1.82, 2.24) is 0 Å². The number of halogens is 1. The van der Waals surface area contributed by atoms with Gasteiger partial charge in [0.15, 0.2) is 0 Å². The highest BCUT2D eigenvalue weighted by Gasteiger charge is 2.02. The van der Waals surface area contributed by atoms with Crippen molar-refractivity contribution >= 4 is 6.08 Å². The summed E-state index contributed by atoms with van der Waals surface area (Å²) in [4.78, 5) is 0. The quantitative estimate of drug-likeness (QED) is 0.784. The third-order valence-electron chi connectivity index (χ3n) is 2.06. The predicted octanol–water partition coefficient (Wildman–Crippen LogP) is 2.92. The summed E-state index contributed by atoms with van der Waals surface area (Å²) in [6.07, 6.45) is 3.66. The zero-order valence-electron chi connectivity index (χ0n) is 8.63. The lowest BCUT2D eigenvalue weighted by molar-refractivity contribution is 0.623. The van der Waals surface area contributed by atoms with E-state index in [0.717, 1.165) is 11.1 Å². The van der Waals surface area contributed by atoms with E-state index in [9.17, 15) is 4.39 Å². The van der Waals surface area contributed by atoms with Crippen molar-refractivity contribution < 1.29 is 4.39 Å². The van der Waals surface area contributed by atoms with E-state index in [-0.39, 0.29) is 5.82 Å². The van der Waals surface area contributed by atoms with E-state index in [4.69, 9.17) is 5.73 Å². The molecule has 14 heavy (non-hydrogen) atoms. The zero-order chi connectivity index (χ0) is 10.6. The van der Waals surface area contributed by atoms with Crippen LogP contribution in [0.5, 0.6) is 0 Å². The number of nitrogens with two attached hydrogens (primary N) is 1. The molecule has 76 valence electrons. The second-order valence-corrected chi connectivity index (χ2v) is 3.61. The molecular weight excluding hydrogens is 177 g/mol. The molecule has 1 aromatic carbocycles. The van der Waals surface area contributed by atoms with E-state index in [1.54, 1.807) is 6.07 Å². The second-order valence-electron chi connectivity index (χ2n) is 3.61. The third kappa shape index (κ3) is 2.96. The minimum Gasteiger partial charge on any atom is -0.327 e. The normalized spacial score (nSPS) is 11.5. The zero-order valence-corrected chi connectivity index (χ0v) is 8.63. The molecule has 0 fully saturated rings. The Morgan fingerprint density at radius 1 is 1.36 bits per heavy atom. The van der Waals surface area contributed by atoms with E-state index in [1.807, 2.05) is 32.1 Å². The minimum absolute atomic E-state index is 0.187. The molecule has 1 nitrogen and oxygen atoms in total. The Balaban J connectivity index is 3.01. The van der Waals surface area contributed by atoms with Gasteiger partial charge in [0.1, 0.15) is 5.82 Å². The summed E-state index contributed by atoms with van der Waals surface area (Å²) in [6, 6.07) is 5.07. The lowest BCUT2D eigenvalue weighted by atomic mass is 10.0. The summed E-state index contributed by atoms with van der Waals surface area (Å²) in [5.41, 5.74) is 7.22. The molecule has 0 saturated heterocycles. The van der Waals surface area contributed by atoms with Gasteiger partial charge in [-0.3, -0.25) is 0 Å². The molecule has 0 heterocycles. The summed E-state index contributed by atoms with van der Waals surface area (Å²) >= 11 is 0. The standard InChI is InChI=1S/C12H16FN/c1-9(2)11-6-10(4-3-5-14)7-12(13)8-11/h3-4,6-9H,5,14H2,1-2H3/b4-3+. The SMILES string of the molecule is CC(C)c1cc(F)cc(/C=C/CN)c1. The molecule has 0 atom stereocenters. The van der Waals surface area contributed by atoms with Crippen LogP contribution in [0.15, 0.2) is 24.3 Å². The van der Waals surface area contributed by atoms with Gasteiger partial charge in [0.25, 0.3) is 0 Å². The van der Waals surface area contributed by atoms with Gasteiger partial charge in [-0.2, -0.15) is 0 Å². The Labute approximate surface area is 84.4 Å². The summed E-state index contributed by atoms with van der Waals surface area (Å²) in [5.74, 6) is 0.156. The molecule has 0 aromatic heterocycles. The summed E-state index contributed by atoms with van der Waals surface area (Å²) in [7, 11) is 0. The maximum Gasteiger partial charge on any atom is 0.124 e. The average molecular weight is 193 g/mol. The lowest BCUT2D eigenvalue weighted by Gasteiger charge is -2.06. The van der Waals surface area contributed by atoms with Gasteiger partial charge in [-0.1, -0.05) is 32.1 Å². The third-order valence-corrected chi connectivity index (χ3v) is 2.06. The molecule has 0 aliphatic carbocycles. The van der Waals surface area contributed by atoms with Crippen molar-refractivity contribution in [2.45, 2.75) is 19.8 Å². The molecule has 2 heteroatoms. The van der Waals surface area contributed by atoms with Crippen LogP contribution < -0.4 is 5.73 Å². The molecule has 2 N–H and O–H groups in total. The van der Waals surface area contributed by atoms with Crippen molar-refractivity contribution in [3.63, 3.8) is 0 Å². The monoisotopic (exact) mass is 193 g/mol. The molecule has 0 aliphatic rings. The van der Waals surface area contributed by atoms with Crippen molar-refractivity contribution in [2.75, 3.05) is 6.54 Å². The minimum atomic E-state index is -0.187. The predicted molar refractivity (Wildman–Crippen MR) is 58.6 cm³/mol. The molecule has 0 radical (unpaired) electrons. The maximum absolute atomic E-state index is 13.2. The highest BCUT2D eigenvalue weighted by molar-refractivity contribution is 5.51. The van der Waals surface area contributed by atoms with Crippen molar-refractivity contribution in [2.24, 2.45) is 5.73 Å². The van der Waals surface area contributed by atoms with Crippen LogP contribution in [-0.2, 0) is 0 Å². The fourth-order valence-corrected chi connectivity index (χ4v) is 1.27. The van der Waals surface area contributed by atoms with Gasteiger partial charge in [0.2, 0.25) is 0 Å². The first-order valence-corrected chi connectivity index (χ1v) is 4.80. The Bertz CT molecular complexity index is 329. The molecule has 0 aliphatic heterocycles. The molecule has 1 aromatic rings. The van der Waals surface area contributed by atoms with E-state index in [0.29, 0.717) is 12.5 Å². The van der Waals surface area contributed by atoms with Gasteiger partial charge < -0.3 is 5.73 Å². The highest BCUT2D eigenvalue weighted by Crippen LogP contribution is 2.18. The molecule has 0 bridgehead atoms. The van der Waals surface area contributed by atoms with E-state index < -0.39 is 0 Å². The number of hydrogen-bond donors (Lipinski definition) is 1. The van der Waals surface area contributed by atoms with Crippen molar-refractivity contribution in [3.8, 4) is 0 Å². The Morgan fingerprint density at radius 3 is 2.64 bits per heavy atom. The van der Waals surface area contributed by atoms with Gasteiger partial charge in [0.05, 0.1) is 0 Å².